The van der Waals surface area contributed by atoms with Gasteiger partial charge in [0, 0.05) is 39.2 Å². The van der Waals surface area contributed by atoms with E-state index >= 15 is 0 Å². The van der Waals surface area contributed by atoms with Gasteiger partial charge in [-0.3, -0.25) is 9.13 Å². The monoisotopic (exact) mass is 843 g/mol. The highest BCUT2D eigenvalue weighted by molar-refractivity contribution is 6.25. The van der Waals surface area contributed by atoms with Crippen molar-refractivity contribution in [3.63, 3.8) is 0 Å². The van der Waals surface area contributed by atoms with Gasteiger partial charge in [0.05, 0.1) is 22.1 Å². The van der Waals surface area contributed by atoms with E-state index in [1.165, 1.54) is 26.9 Å². The second-order valence-electron chi connectivity index (χ2n) is 16.5. The normalized spacial score (nSPS) is 11.6. The van der Waals surface area contributed by atoms with Gasteiger partial charge in [0.25, 0.3) is 0 Å². The first kappa shape index (κ1) is 37.5. The van der Waals surface area contributed by atoms with Crippen LogP contribution in [-0.4, -0.2) is 34.1 Å². The van der Waals surface area contributed by atoms with E-state index in [9.17, 15) is 0 Å². The zero-order chi connectivity index (χ0) is 43.6. The van der Waals surface area contributed by atoms with Gasteiger partial charge in [-0.05, 0) is 86.9 Å². The minimum Gasteiger partial charge on any atom is -0.292 e. The number of nitrogens with zero attached hydrogens (tertiary/aromatic N) is 7. The van der Waals surface area contributed by atoms with Crippen LogP contribution in [0.4, 0.5) is 0 Å². The van der Waals surface area contributed by atoms with Crippen molar-refractivity contribution in [1.29, 1.82) is 0 Å². The molecule has 0 N–H and O–H groups in total. The molecule has 0 radical (unpaired) electrons. The second-order valence-corrected chi connectivity index (χ2v) is 16.5. The Hall–Kier alpha value is -9.07. The van der Waals surface area contributed by atoms with Gasteiger partial charge in [-0.15, -0.1) is 0 Å². The number of benzene rings is 10. The van der Waals surface area contributed by atoms with E-state index in [-0.39, 0.29) is 0 Å². The highest BCUT2D eigenvalue weighted by Crippen LogP contribution is 2.38. The van der Waals surface area contributed by atoms with Gasteiger partial charge in [0.2, 0.25) is 0 Å². The number of para-hydroxylation sites is 6. The quantitative estimate of drug-likeness (QED) is 0.149. The zero-order valence-corrected chi connectivity index (χ0v) is 35.5. The van der Waals surface area contributed by atoms with Crippen molar-refractivity contribution in [2.75, 3.05) is 0 Å². The van der Waals surface area contributed by atoms with E-state index in [0.717, 1.165) is 78.3 Å². The molecular weight excluding hydrogens is 807 g/mol. The molecule has 3 heterocycles. The molecule has 0 aliphatic rings. The lowest BCUT2D eigenvalue weighted by Gasteiger charge is -2.13. The lowest BCUT2D eigenvalue weighted by atomic mass is 9.93. The summed E-state index contributed by atoms with van der Waals surface area (Å²) in [6.45, 7) is 0. The molecule has 0 aliphatic heterocycles. The Bertz CT molecular complexity index is 3750. The third-order valence-corrected chi connectivity index (χ3v) is 12.6. The lowest BCUT2D eigenvalue weighted by molar-refractivity contribution is 1.07. The topological polar surface area (TPSA) is 74.3 Å². The molecule has 13 rings (SSSR count). The highest BCUT2D eigenvalue weighted by Gasteiger charge is 2.19. The van der Waals surface area contributed by atoms with Gasteiger partial charge in [-0.2, -0.15) is 0 Å². The number of fused-ring (bicyclic) bond motifs is 8. The number of hydrogen-bond acceptors (Lipinski definition) is 5. The Labute approximate surface area is 379 Å². The van der Waals surface area contributed by atoms with Crippen LogP contribution in [-0.2, 0) is 0 Å². The predicted octanol–water partition coefficient (Wildman–Crippen LogP) is 14.3. The molecule has 7 heteroatoms. The summed E-state index contributed by atoms with van der Waals surface area (Å²) in [6.07, 6.45) is 0. The molecule has 0 spiro atoms. The van der Waals surface area contributed by atoms with E-state index in [2.05, 4.69) is 209 Å². The molecule has 0 aliphatic carbocycles. The van der Waals surface area contributed by atoms with Gasteiger partial charge >= 0.3 is 0 Å². The van der Waals surface area contributed by atoms with Crippen LogP contribution in [0.1, 0.15) is 0 Å². The molecule has 10 aromatic carbocycles. The first-order valence-corrected chi connectivity index (χ1v) is 22.1. The van der Waals surface area contributed by atoms with Crippen molar-refractivity contribution in [2.24, 2.45) is 0 Å². The Kier molecular flexibility index (Phi) is 8.70. The van der Waals surface area contributed by atoms with E-state index < -0.39 is 0 Å². The molecular formula is C59H37N7. The zero-order valence-electron chi connectivity index (χ0n) is 35.5. The van der Waals surface area contributed by atoms with Gasteiger partial charge < -0.3 is 0 Å². The van der Waals surface area contributed by atoms with Gasteiger partial charge in [0.15, 0.2) is 17.5 Å². The Balaban J connectivity index is 0.957. The molecule has 0 saturated carbocycles. The van der Waals surface area contributed by atoms with Crippen LogP contribution in [0.5, 0.6) is 0 Å². The van der Waals surface area contributed by atoms with Crippen LogP contribution >= 0.6 is 0 Å². The fraction of sp³-hybridized carbons (Fsp3) is 0. The average Bonchev–Trinajstić information content (AvgIpc) is 3.99. The predicted molar refractivity (Wildman–Crippen MR) is 269 cm³/mol. The molecule has 66 heavy (non-hydrogen) atoms. The standard InChI is InChI=1S/C59H37N7/c1-3-15-43(16-4-1)65-53-25-13-11-23-51(53)60-58(65)40-31-27-38(28-32-40)55-62-56(39-29-33-41(34-30-39)59-61-52-24-12-14-26-54(52)66(59)44-17-5-2-6-18-44)64-57(63-55)42-35-36-49-47-21-8-7-19-45(47)46-20-9-10-22-48(46)50(49)37-42/h1-37H. The number of imidazole rings is 2. The van der Waals surface area contributed by atoms with E-state index in [1.807, 2.05) is 24.3 Å². The third kappa shape index (κ3) is 6.25. The van der Waals surface area contributed by atoms with Gasteiger partial charge in [-0.25, -0.2) is 24.9 Å². The molecule has 13 aromatic rings. The van der Waals surface area contributed by atoms with Crippen molar-refractivity contribution < 1.29 is 0 Å². The number of rotatable bonds is 7. The molecule has 0 amide bonds. The van der Waals surface area contributed by atoms with Gasteiger partial charge in [0.1, 0.15) is 11.6 Å². The average molecular weight is 844 g/mol. The molecule has 7 nitrogen and oxygen atoms in total. The van der Waals surface area contributed by atoms with Crippen molar-refractivity contribution >= 4 is 54.4 Å². The summed E-state index contributed by atoms with van der Waals surface area (Å²) in [5.41, 5.74) is 10.7. The van der Waals surface area contributed by atoms with Crippen LogP contribution in [0.15, 0.2) is 224 Å². The van der Waals surface area contributed by atoms with E-state index in [1.54, 1.807) is 0 Å². The molecule has 0 unspecified atom stereocenters. The largest absolute Gasteiger partial charge is 0.292 e. The Morgan fingerprint density at radius 2 is 0.576 bits per heavy atom. The maximum atomic E-state index is 5.23. The minimum absolute atomic E-state index is 0.580. The molecule has 0 saturated heterocycles. The van der Waals surface area contributed by atoms with Crippen molar-refractivity contribution in [2.45, 2.75) is 0 Å². The molecule has 3 aromatic heterocycles. The molecule has 0 bridgehead atoms. The maximum absolute atomic E-state index is 5.23. The van der Waals surface area contributed by atoms with Crippen molar-refractivity contribution in [3.8, 4) is 68.3 Å². The molecule has 308 valence electrons. The van der Waals surface area contributed by atoms with Crippen LogP contribution in [0.2, 0.25) is 0 Å². The minimum atomic E-state index is 0.580. The summed E-state index contributed by atoms with van der Waals surface area (Å²) < 4.78 is 4.43. The van der Waals surface area contributed by atoms with Crippen molar-refractivity contribution in [3.05, 3.63) is 224 Å². The smallest absolute Gasteiger partial charge is 0.164 e. The highest BCUT2D eigenvalue weighted by atomic mass is 15.1. The summed E-state index contributed by atoms with van der Waals surface area (Å²) in [6, 6.07) is 78.0. The SMILES string of the molecule is c1ccc(-n2c(-c3ccc(-c4nc(-c5ccc(-c6nc7ccccc7n6-c6ccccc6)cc5)nc(-c5ccc6c7ccccc7c7ccccc7c6c5)n4)cc3)nc3ccccc32)cc1. The Morgan fingerprint density at radius 3 is 1.03 bits per heavy atom. The maximum Gasteiger partial charge on any atom is 0.164 e. The second kappa shape index (κ2) is 15.3. The fourth-order valence-electron chi connectivity index (χ4n) is 9.46. The summed E-state index contributed by atoms with van der Waals surface area (Å²) in [5.74, 6) is 3.48. The first-order chi connectivity index (χ1) is 32.7. The van der Waals surface area contributed by atoms with Crippen LogP contribution in [0.3, 0.4) is 0 Å². The van der Waals surface area contributed by atoms with E-state index in [4.69, 9.17) is 24.9 Å². The molecule has 0 atom stereocenters. The third-order valence-electron chi connectivity index (χ3n) is 12.6. The van der Waals surface area contributed by atoms with Crippen molar-refractivity contribution in [1.82, 2.24) is 34.1 Å². The van der Waals surface area contributed by atoms with Crippen LogP contribution in [0, 0.1) is 0 Å². The van der Waals surface area contributed by atoms with E-state index in [0.29, 0.717) is 17.5 Å². The lowest BCUT2D eigenvalue weighted by Crippen LogP contribution is -2.01. The Morgan fingerprint density at radius 1 is 0.242 bits per heavy atom. The number of hydrogen-bond donors (Lipinski definition) is 0. The first-order valence-electron chi connectivity index (χ1n) is 22.1. The van der Waals surface area contributed by atoms with Crippen LogP contribution < -0.4 is 0 Å². The summed E-state index contributed by atoms with van der Waals surface area (Å²) >= 11 is 0. The number of aromatic nitrogens is 7. The van der Waals surface area contributed by atoms with Crippen LogP contribution in [0.25, 0.3) is 123 Å². The summed E-state index contributed by atoms with van der Waals surface area (Å²) in [5, 5.41) is 7.21. The summed E-state index contributed by atoms with van der Waals surface area (Å²) in [7, 11) is 0. The fourth-order valence-corrected chi connectivity index (χ4v) is 9.46. The summed E-state index contributed by atoms with van der Waals surface area (Å²) in [4.78, 5) is 25.9. The van der Waals surface area contributed by atoms with Gasteiger partial charge in [-0.1, -0.05) is 170 Å². The molecule has 0 fully saturated rings.